The van der Waals surface area contributed by atoms with Gasteiger partial charge in [-0.1, -0.05) is 48.5 Å². The molecule has 0 aliphatic heterocycles. The van der Waals surface area contributed by atoms with E-state index in [-0.39, 0.29) is 11.5 Å². The van der Waals surface area contributed by atoms with E-state index in [0.29, 0.717) is 11.4 Å². The van der Waals surface area contributed by atoms with Crippen molar-refractivity contribution in [1.29, 1.82) is 0 Å². The standard InChI is InChI=1S/C15H13NO2.C14H11NO3/c1-9(17)13-8-12-14(18-2)7-10-5-3-4-6-11(10)15(12)16-13;1-18-12-6-8-4-2-3-5-9(8)13-10(12)7-11(15-13)14(16)17/h3-8,16H,1-2H3;2-7,15H,1H3,(H,16,17). The summed E-state index contributed by atoms with van der Waals surface area (Å²) in [5, 5.41) is 15.0. The van der Waals surface area contributed by atoms with Gasteiger partial charge in [-0.3, -0.25) is 4.79 Å². The van der Waals surface area contributed by atoms with E-state index in [1.807, 2.05) is 66.7 Å². The number of ether oxygens (including phenoxy) is 2. The molecule has 6 rings (SSSR count). The van der Waals surface area contributed by atoms with E-state index in [9.17, 15) is 9.59 Å². The number of ketones is 1. The Bertz CT molecular complexity index is 1650. The van der Waals surface area contributed by atoms with Crippen LogP contribution in [-0.4, -0.2) is 41.0 Å². The molecule has 36 heavy (non-hydrogen) atoms. The molecule has 0 bridgehead atoms. The lowest BCUT2D eigenvalue weighted by atomic mass is 10.1. The Morgan fingerprint density at radius 2 is 1.11 bits per heavy atom. The number of rotatable bonds is 4. The van der Waals surface area contributed by atoms with Crippen molar-refractivity contribution in [3.8, 4) is 11.5 Å². The molecule has 0 atom stereocenters. The maximum Gasteiger partial charge on any atom is 0.352 e. The SMILES string of the molecule is COc1cc2ccccc2c2[nH]c(C(=O)O)cc12.COc1cc2ccccc2c2[nH]c(C(C)=O)cc12. The topological polar surface area (TPSA) is 104 Å². The number of carboxylic acids is 1. The highest BCUT2D eigenvalue weighted by atomic mass is 16.5. The number of methoxy groups -OCH3 is 2. The molecule has 0 fully saturated rings. The second kappa shape index (κ2) is 9.11. The molecular formula is C29H24N2O5. The minimum atomic E-state index is -0.975. The van der Waals surface area contributed by atoms with Gasteiger partial charge < -0.3 is 24.5 Å². The monoisotopic (exact) mass is 480 g/mol. The van der Waals surface area contributed by atoms with Gasteiger partial charge in [0.25, 0.3) is 0 Å². The van der Waals surface area contributed by atoms with Crippen LogP contribution in [0, 0.1) is 0 Å². The van der Waals surface area contributed by atoms with Crippen LogP contribution < -0.4 is 9.47 Å². The van der Waals surface area contributed by atoms with Crippen LogP contribution in [-0.2, 0) is 0 Å². The number of hydrogen-bond acceptors (Lipinski definition) is 4. The van der Waals surface area contributed by atoms with Crippen LogP contribution >= 0.6 is 0 Å². The fourth-order valence-corrected chi connectivity index (χ4v) is 4.50. The molecule has 180 valence electrons. The second-order valence-electron chi connectivity index (χ2n) is 8.40. The van der Waals surface area contributed by atoms with Crippen molar-refractivity contribution < 1.29 is 24.2 Å². The van der Waals surface area contributed by atoms with Crippen LogP contribution in [0.1, 0.15) is 27.9 Å². The number of aromatic amines is 2. The van der Waals surface area contributed by atoms with Crippen LogP contribution in [0.25, 0.3) is 43.4 Å². The number of aromatic carboxylic acids is 1. The number of fused-ring (bicyclic) bond motifs is 6. The molecule has 6 aromatic rings. The zero-order valence-corrected chi connectivity index (χ0v) is 20.0. The molecule has 2 aromatic heterocycles. The molecule has 0 unspecified atom stereocenters. The fraction of sp³-hybridized carbons (Fsp3) is 0.103. The Morgan fingerprint density at radius 1 is 0.667 bits per heavy atom. The number of carbonyl (C=O) groups is 2. The van der Waals surface area contributed by atoms with Crippen molar-refractivity contribution in [3.05, 3.63) is 84.2 Å². The van der Waals surface area contributed by atoms with Gasteiger partial charge in [0.2, 0.25) is 0 Å². The number of nitrogens with one attached hydrogen (secondary N) is 2. The number of H-pyrrole nitrogens is 2. The number of carbonyl (C=O) groups excluding carboxylic acids is 1. The minimum absolute atomic E-state index is 0.0253. The summed E-state index contributed by atoms with van der Waals surface area (Å²) in [6, 6.07) is 23.2. The van der Waals surface area contributed by atoms with E-state index in [4.69, 9.17) is 14.6 Å². The van der Waals surface area contributed by atoms with Crippen LogP contribution in [0.3, 0.4) is 0 Å². The molecular weight excluding hydrogens is 456 g/mol. The fourth-order valence-electron chi connectivity index (χ4n) is 4.50. The molecule has 7 heteroatoms. The Balaban J connectivity index is 0.000000148. The summed E-state index contributed by atoms with van der Waals surface area (Å²) in [7, 11) is 3.22. The van der Waals surface area contributed by atoms with Gasteiger partial charge in [-0.05, 0) is 35.0 Å². The van der Waals surface area contributed by atoms with Crippen molar-refractivity contribution in [2.45, 2.75) is 6.92 Å². The van der Waals surface area contributed by atoms with Crippen LogP contribution in [0.15, 0.2) is 72.8 Å². The Kier molecular flexibility index (Phi) is 5.82. The molecule has 0 aliphatic carbocycles. The summed E-state index contributed by atoms with van der Waals surface area (Å²) >= 11 is 0. The van der Waals surface area contributed by atoms with Crippen molar-refractivity contribution in [1.82, 2.24) is 9.97 Å². The number of carboxylic acid groups (broad SMARTS) is 1. The van der Waals surface area contributed by atoms with Crippen molar-refractivity contribution in [2.75, 3.05) is 14.2 Å². The summed E-state index contributed by atoms with van der Waals surface area (Å²) in [4.78, 5) is 28.6. The zero-order valence-electron chi connectivity index (χ0n) is 20.0. The number of aromatic nitrogens is 2. The lowest BCUT2D eigenvalue weighted by Crippen LogP contribution is -1.94. The summed E-state index contributed by atoms with van der Waals surface area (Å²) in [6.07, 6.45) is 0. The molecule has 0 radical (unpaired) electrons. The summed E-state index contributed by atoms with van der Waals surface area (Å²) < 4.78 is 10.7. The first-order valence-corrected chi connectivity index (χ1v) is 11.3. The molecule has 7 nitrogen and oxygen atoms in total. The predicted molar refractivity (Wildman–Crippen MR) is 142 cm³/mol. The van der Waals surface area contributed by atoms with Gasteiger partial charge in [-0.25, -0.2) is 4.79 Å². The largest absolute Gasteiger partial charge is 0.496 e. The van der Waals surface area contributed by atoms with E-state index >= 15 is 0 Å². The van der Waals surface area contributed by atoms with E-state index < -0.39 is 5.97 Å². The lowest BCUT2D eigenvalue weighted by Gasteiger charge is -2.05. The average molecular weight is 481 g/mol. The highest BCUT2D eigenvalue weighted by molar-refractivity contribution is 6.12. The van der Waals surface area contributed by atoms with E-state index in [1.54, 1.807) is 27.2 Å². The number of hydrogen-bond donors (Lipinski definition) is 3. The highest BCUT2D eigenvalue weighted by Crippen LogP contribution is 2.34. The highest BCUT2D eigenvalue weighted by Gasteiger charge is 2.14. The van der Waals surface area contributed by atoms with Crippen LogP contribution in [0.4, 0.5) is 0 Å². The van der Waals surface area contributed by atoms with Gasteiger partial charge in [0, 0.05) is 28.5 Å². The predicted octanol–water partition coefficient (Wildman–Crippen LogP) is 6.56. The van der Waals surface area contributed by atoms with Crippen LogP contribution in [0.5, 0.6) is 11.5 Å². The Hall–Kier alpha value is -4.78. The maximum absolute atomic E-state index is 11.5. The number of Topliss-reactive ketones (excluding diaryl/α,β-unsaturated/α-hetero) is 1. The van der Waals surface area contributed by atoms with E-state index in [1.165, 1.54) is 0 Å². The maximum atomic E-state index is 11.5. The molecule has 4 aromatic carbocycles. The molecule has 0 amide bonds. The third-order valence-corrected chi connectivity index (χ3v) is 6.25. The Labute approximate surface area is 206 Å². The quantitative estimate of drug-likeness (QED) is 0.248. The van der Waals surface area contributed by atoms with Gasteiger partial charge >= 0.3 is 5.97 Å². The smallest absolute Gasteiger partial charge is 0.352 e. The van der Waals surface area contributed by atoms with Crippen LogP contribution in [0.2, 0.25) is 0 Å². The summed E-state index contributed by atoms with van der Waals surface area (Å²) in [5.74, 6) is 0.509. The first kappa shape index (κ1) is 23.0. The summed E-state index contributed by atoms with van der Waals surface area (Å²) in [5.41, 5.74) is 2.52. The average Bonchev–Trinajstić information content (AvgIpc) is 3.54. The van der Waals surface area contributed by atoms with E-state index in [0.717, 1.165) is 49.1 Å². The van der Waals surface area contributed by atoms with Gasteiger partial charge in [-0.2, -0.15) is 0 Å². The first-order valence-electron chi connectivity index (χ1n) is 11.3. The van der Waals surface area contributed by atoms with Gasteiger partial charge in [0.1, 0.15) is 17.2 Å². The van der Waals surface area contributed by atoms with Gasteiger partial charge in [0.05, 0.1) is 30.9 Å². The van der Waals surface area contributed by atoms with Crippen molar-refractivity contribution in [3.63, 3.8) is 0 Å². The molecule has 2 heterocycles. The van der Waals surface area contributed by atoms with Gasteiger partial charge in [-0.15, -0.1) is 0 Å². The van der Waals surface area contributed by atoms with Gasteiger partial charge in [0.15, 0.2) is 5.78 Å². The zero-order chi connectivity index (χ0) is 25.4. The molecule has 0 saturated carbocycles. The molecule has 0 aliphatic rings. The summed E-state index contributed by atoms with van der Waals surface area (Å²) in [6.45, 7) is 1.55. The third kappa shape index (κ3) is 3.90. The normalized spacial score (nSPS) is 11.0. The minimum Gasteiger partial charge on any atom is -0.496 e. The van der Waals surface area contributed by atoms with Crippen molar-refractivity contribution >= 4 is 55.1 Å². The Morgan fingerprint density at radius 3 is 1.56 bits per heavy atom. The third-order valence-electron chi connectivity index (χ3n) is 6.25. The first-order chi connectivity index (χ1) is 17.4. The second-order valence-corrected chi connectivity index (χ2v) is 8.40. The molecule has 3 N–H and O–H groups in total. The molecule has 0 saturated heterocycles. The number of benzene rings is 4. The lowest BCUT2D eigenvalue weighted by molar-refractivity contribution is 0.0691. The van der Waals surface area contributed by atoms with Crippen molar-refractivity contribution in [2.24, 2.45) is 0 Å². The molecule has 0 spiro atoms. The van der Waals surface area contributed by atoms with E-state index in [2.05, 4.69) is 9.97 Å².